The summed E-state index contributed by atoms with van der Waals surface area (Å²) in [4.78, 5) is 17.3. The van der Waals surface area contributed by atoms with Crippen molar-refractivity contribution >= 4 is 60.0 Å². The van der Waals surface area contributed by atoms with Gasteiger partial charge in [-0.25, -0.2) is 13.1 Å². The van der Waals surface area contributed by atoms with Gasteiger partial charge in [0.25, 0.3) is 15.9 Å². The van der Waals surface area contributed by atoms with Gasteiger partial charge in [0.15, 0.2) is 17.5 Å². The Bertz CT molecular complexity index is 3730. The van der Waals surface area contributed by atoms with Crippen LogP contribution in [0, 0.1) is 34.5 Å². The average Bonchev–Trinajstić information content (AvgIpc) is 1.73. The molecule has 2 unspecified atom stereocenters. The lowest BCUT2D eigenvalue weighted by Crippen LogP contribution is -2.56. The van der Waals surface area contributed by atoms with Crippen LogP contribution < -0.4 is 20.7 Å². The van der Waals surface area contributed by atoms with E-state index < -0.39 is 88.4 Å². The molecule has 4 aliphatic heterocycles. The van der Waals surface area contributed by atoms with Crippen molar-refractivity contribution in [1.29, 1.82) is 10.5 Å². The fraction of sp³-hybridized carbons (Fsp3) is 0.470. The molecule has 6 heterocycles. The Balaban J connectivity index is 0.000000230. The van der Waals surface area contributed by atoms with Gasteiger partial charge in [0, 0.05) is 131 Å². The number of morpholine rings is 2. The summed E-state index contributed by atoms with van der Waals surface area (Å²) in [6.45, 7) is 16.4. The van der Waals surface area contributed by atoms with E-state index in [4.69, 9.17) is 18.9 Å². The van der Waals surface area contributed by atoms with Crippen LogP contribution in [0.15, 0.2) is 108 Å². The number of benzene rings is 4. The molecule has 10 atom stereocenters. The number of hydrogen-bond donors (Lipinski definition) is 10. The predicted octanol–water partition coefficient (Wildman–Crippen LogP) is 4.55. The quantitative estimate of drug-likeness (QED) is 0.0393. The molecule has 4 saturated heterocycles. The monoisotopic (exact) mass is 1260 g/mol. The molecule has 24 heteroatoms. The number of nitriles is 2. The Labute approximate surface area is 526 Å². The highest BCUT2D eigenvalue weighted by Gasteiger charge is 2.43. The molecule has 484 valence electrons. The number of sulfonamides is 1. The summed E-state index contributed by atoms with van der Waals surface area (Å²) in [5.41, 5.74) is 7.75. The average molecular weight is 1260 g/mol. The molecule has 23 nitrogen and oxygen atoms in total. The standard InChI is InChI=1S/C33H41N5O6.C32H41N5O7S.CH4/c1-20(26(18-34)32(41)36-19-29-31(40)30(39)21(2)33(42)44-29)27-8-9-28(37(27)3)24-5-4-23-17-25(7-6-22(23)16-24)35-10-11-38-12-14-43-15-13-38;1-20(29(18-33)45(41,42)35-19-28-31(39)30(38)21(2)32(40)44-28)26-8-9-27(36(26)3)24-5-4-23-17-25(7-6-22(23)16-24)34-10-11-37-12-14-43-15-13-37;/h4-9,16-17,21,29-31,33,35,39-40,42H,10-15,19H2,1-3H3,(H,36,41);4-9,16-17,21,28,30-32,34-35,38-40H,10-15,19H2,1-3H3;1H4/b26-20+;29-20+;/t21-,29-,30-,31-,33?;21-,28-,30-,31-,32?;/m11./s1. The Morgan fingerprint density at radius 1 is 0.578 bits per heavy atom. The van der Waals surface area contributed by atoms with Gasteiger partial charge in [0.2, 0.25) is 0 Å². The van der Waals surface area contributed by atoms with Crippen molar-refractivity contribution in [1.82, 2.24) is 29.0 Å². The molecule has 2 aromatic heterocycles. The first-order valence-corrected chi connectivity index (χ1v) is 31.5. The van der Waals surface area contributed by atoms with E-state index in [0.717, 1.165) is 134 Å². The molecular formula is C66H86N10O13S. The van der Waals surface area contributed by atoms with Gasteiger partial charge in [-0.15, -0.1) is 0 Å². The normalized spacial score (nSPS) is 24.7. The van der Waals surface area contributed by atoms with Crippen LogP contribution in [0.2, 0.25) is 0 Å². The fourth-order valence-corrected chi connectivity index (χ4v) is 12.9. The van der Waals surface area contributed by atoms with E-state index in [0.29, 0.717) is 17.0 Å². The summed E-state index contributed by atoms with van der Waals surface area (Å²) >= 11 is 0. The molecule has 0 radical (unpaired) electrons. The van der Waals surface area contributed by atoms with Crippen LogP contribution in [-0.2, 0) is 47.9 Å². The number of amides is 1. The number of rotatable bonds is 19. The maximum Gasteiger partial charge on any atom is 0.262 e. The van der Waals surface area contributed by atoms with Gasteiger partial charge in [-0.1, -0.05) is 57.7 Å². The number of carbonyl (C=O) groups excluding carboxylic acids is 1. The topological polar surface area (TPSA) is 322 Å². The number of carbonyl (C=O) groups is 1. The minimum Gasteiger partial charge on any atom is -0.390 e. The second-order valence-electron chi connectivity index (χ2n) is 23.2. The van der Waals surface area contributed by atoms with E-state index in [-0.39, 0.29) is 25.1 Å². The van der Waals surface area contributed by atoms with Gasteiger partial charge >= 0.3 is 0 Å². The van der Waals surface area contributed by atoms with Gasteiger partial charge in [0.1, 0.15) is 42.1 Å². The molecule has 10 N–H and O–H groups in total. The number of fused-ring (bicyclic) bond motifs is 2. The zero-order chi connectivity index (χ0) is 63.7. The first-order chi connectivity index (χ1) is 42.7. The van der Waals surface area contributed by atoms with Crippen LogP contribution >= 0.6 is 0 Å². The summed E-state index contributed by atoms with van der Waals surface area (Å²) < 4.78 is 53.9. The summed E-state index contributed by atoms with van der Waals surface area (Å²) in [5, 5.41) is 94.6. The predicted molar refractivity (Wildman–Crippen MR) is 345 cm³/mol. The second-order valence-corrected chi connectivity index (χ2v) is 24.9. The highest BCUT2D eigenvalue weighted by Crippen LogP contribution is 2.34. The van der Waals surface area contributed by atoms with Crippen molar-refractivity contribution in [2.75, 3.05) is 103 Å². The van der Waals surface area contributed by atoms with Gasteiger partial charge in [-0.2, -0.15) is 10.5 Å². The van der Waals surface area contributed by atoms with E-state index in [2.05, 4.69) is 97.2 Å². The fourth-order valence-electron chi connectivity index (χ4n) is 11.7. The van der Waals surface area contributed by atoms with Crippen LogP contribution in [0.5, 0.6) is 0 Å². The second kappa shape index (κ2) is 30.8. The van der Waals surface area contributed by atoms with Crippen molar-refractivity contribution in [2.24, 2.45) is 25.9 Å². The lowest BCUT2D eigenvalue weighted by molar-refractivity contribution is -0.258. The zero-order valence-corrected chi connectivity index (χ0v) is 51.9. The van der Waals surface area contributed by atoms with E-state index in [1.807, 2.05) is 53.6 Å². The van der Waals surface area contributed by atoms with Gasteiger partial charge < -0.3 is 74.7 Å². The molecule has 0 bridgehead atoms. The Hall–Kier alpha value is -7.08. The number of nitrogens with one attached hydrogen (secondary N) is 4. The van der Waals surface area contributed by atoms with Crippen LogP contribution in [-0.4, -0.2) is 205 Å². The summed E-state index contributed by atoms with van der Waals surface area (Å²) in [6.07, 6.45) is -10.1. The Morgan fingerprint density at radius 3 is 1.44 bits per heavy atom. The molecule has 0 aliphatic carbocycles. The minimum atomic E-state index is -4.32. The Kier molecular flexibility index (Phi) is 23.6. The molecule has 4 fully saturated rings. The van der Waals surface area contributed by atoms with Crippen LogP contribution in [0.3, 0.4) is 0 Å². The van der Waals surface area contributed by atoms with Crippen LogP contribution in [0.1, 0.15) is 46.5 Å². The van der Waals surface area contributed by atoms with E-state index in [1.54, 1.807) is 32.9 Å². The molecule has 4 aliphatic rings. The van der Waals surface area contributed by atoms with Crippen LogP contribution in [0.25, 0.3) is 55.2 Å². The highest BCUT2D eigenvalue weighted by atomic mass is 32.2. The van der Waals surface area contributed by atoms with Crippen molar-refractivity contribution in [3.8, 4) is 34.7 Å². The van der Waals surface area contributed by atoms with Crippen molar-refractivity contribution in [3.05, 3.63) is 119 Å². The molecule has 1 amide bonds. The summed E-state index contributed by atoms with van der Waals surface area (Å²) in [5.74, 6) is -2.05. The minimum absolute atomic E-state index is 0. The van der Waals surface area contributed by atoms with Gasteiger partial charge in [-0.3, -0.25) is 14.6 Å². The first-order valence-electron chi connectivity index (χ1n) is 30.1. The molecule has 0 saturated carbocycles. The molecule has 90 heavy (non-hydrogen) atoms. The van der Waals surface area contributed by atoms with Crippen molar-refractivity contribution < 1.29 is 62.8 Å². The number of nitrogens with zero attached hydrogens (tertiary/aromatic N) is 6. The number of anilines is 2. The van der Waals surface area contributed by atoms with Gasteiger partial charge in [0.05, 0.1) is 38.6 Å². The molecule has 6 aromatic rings. The van der Waals surface area contributed by atoms with E-state index in [9.17, 15) is 54.4 Å². The number of aromatic nitrogens is 2. The number of aliphatic hydroxyl groups excluding tert-OH is 6. The summed E-state index contributed by atoms with van der Waals surface area (Å²) in [7, 11) is -0.621. The van der Waals surface area contributed by atoms with Crippen molar-refractivity contribution in [2.45, 2.75) is 84.3 Å². The third-order valence-electron chi connectivity index (χ3n) is 17.4. The largest absolute Gasteiger partial charge is 0.390 e. The van der Waals surface area contributed by atoms with Crippen molar-refractivity contribution in [3.63, 3.8) is 0 Å². The maximum absolute atomic E-state index is 13.2. The zero-order valence-electron chi connectivity index (χ0n) is 51.0. The van der Waals surface area contributed by atoms with Gasteiger partial charge in [-0.05, 0) is 113 Å². The third-order valence-corrected chi connectivity index (χ3v) is 18.9. The lowest BCUT2D eigenvalue weighted by atomic mass is 9.92. The highest BCUT2D eigenvalue weighted by molar-refractivity contribution is 7.93. The van der Waals surface area contributed by atoms with E-state index in [1.165, 1.54) is 6.92 Å². The van der Waals surface area contributed by atoms with Crippen LogP contribution in [0.4, 0.5) is 11.4 Å². The number of ether oxygens (including phenoxy) is 4. The SMILES string of the molecule is C.C/C(=C(/C#N)C(=O)NC[C@H]1OC(O)[C@H](C)[C@@H](O)[C@@H]1O)c1ccc(-c2ccc3cc(NCCN4CCOCC4)ccc3c2)n1C.C/C(=C(/C#N)S(=O)(=O)NC[C@H]1OC(O)[C@H](C)[C@@H](O)[C@@H]1O)c1ccc(-c2ccc3cc(NCCN4CCOCC4)ccc3c2)n1C. The molecular weight excluding hydrogens is 1170 g/mol. The summed E-state index contributed by atoms with van der Waals surface area (Å²) in [6, 6.07) is 36.3. The van der Waals surface area contributed by atoms with E-state index >= 15 is 0 Å². The smallest absolute Gasteiger partial charge is 0.262 e. The number of allylic oxidation sites excluding steroid dienone is 3. The number of hydrogen-bond acceptors (Lipinski definition) is 19. The maximum atomic E-state index is 13.2. The number of aliphatic hydroxyl groups is 6. The lowest BCUT2D eigenvalue weighted by Gasteiger charge is -2.39. The third kappa shape index (κ3) is 16.0. The molecule has 0 spiro atoms. The molecule has 10 rings (SSSR count). The Morgan fingerprint density at radius 2 is 1.00 bits per heavy atom. The first kappa shape index (κ1) is 68.8. The molecule has 4 aromatic carbocycles.